The second-order valence-corrected chi connectivity index (χ2v) is 8.25. The minimum absolute atomic E-state index is 0.155. The largest absolute Gasteiger partial charge is 0.511 e. The Kier molecular flexibility index (Phi) is 7.90. The molecule has 1 fully saturated rings. The fraction of sp³-hybridized carbons (Fsp3) is 0.625. The van der Waals surface area contributed by atoms with Crippen molar-refractivity contribution in [3.8, 4) is 0 Å². The van der Waals surface area contributed by atoms with Crippen LogP contribution in [-0.4, -0.2) is 62.3 Å². The van der Waals surface area contributed by atoms with Gasteiger partial charge in [0.05, 0.1) is 12.8 Å². The number of guanidine groups is 1. The smallest absolute Gasteiger partial charge is 0.467 e. The molecular weight excluding hydrogens is 415 g/mol. The molecule has 3 N–H and O–H groups in total. The van der Waals surface area contributed by atoms with Gasteiger partial charge in [0, 0.05) is 25.7 Å². The molecule has 0 aliphatic carbocycles. The predicted octanol–water partition coefficient (Wildman–Crippen LogP) is 0.765. The van der Waals surface area contributed by atoms with Crippen molar-refractivity contribution in [1.82, 2.24) is 20.3 Å². The Balaban J connectivity index is 1.84. The first-order valence-corrected chi connectivity index (χ1v) is 10.5. The predicted molar refractivity (Wildman–Crippen MR) is 99.2 cm³/mol. The van der Waals surface area contributed by atoms with E-state index in [2.05, 4.69) is 20.9 Å². The third kappa shape index (κ3) is 6.63. The van der Waals surface area contributed by atoms with Crippen LogP contribution in [0.3, 0.4) is 0 Å². The molecule has 1 aliphatic rings. The molecule has 1 aromatic rings. The van der Waals surface area contributed by atoms with E-state index in [9.17, 15) is 26.4 Å². The Morgan fingerprint density at radius 1 is 1.31 bits per heavy atom. The van der Waals surface area contributed by atoms with E-state index < -0.39 is 15.5 Å². The van der Waals surface area contributed by atoms with Gasteiger partial charge in [-0.25, -0.2) is 13.4 Å². The van der Waals surface area contributed by atoms with Crippen LogP contribution in [0, 0.1) is 0 Å². The number of nitrogens with zero attached hydrogens (tertiary/aromatic N) is 2. The minimum Gasteiger partial charge on any atom is -0.467 e. The summed E-state index contributed by atoms with van der Waals surface area (Å²) in [6.45, 7) is 1.92. The van der Waals surface area contributed by atoms with Gasteiger partial charge in [0.25, 0.3) is 0 Å². The summed E-state index contributed by atoms with van der Waals surface area (Å²) >= 11 is 0. The first-order valence-electron chi connectivity index (χ1n) is 9.04. The molecule has 0 atom stereocenters. The molecule has 1 aliphatic heterocycles. The summed E-state index contributed by atoms with van der Waals surface area (Å²) < 4.78 is 66.4. The van der Waals surface area contributed by atoms with Crippen molar-refractivity contribution < 1.29 is 30.8 Å². The van der Waals surface area contributed by atoms with Crippen LogP contribution in [0.1, 0.15) is 25.5 Å². The number of alkyl halides is 3. The lowest BCUT2D eigenvalue weighted by Gasteiger charge is -2.32. The molecule has 0 bridgehead atoms. The summed E-state index contributed by atoms with van der Waals surface area (Å²) in [5, 5.41) is 8.63. The molecular formula is C16H24F3N5O4S. The molecule has 9 nitrogen and oxygen atoms in total. The lowest BCUT2D eigenvalue weighted by atomic mass is 10.1. The van der Waals surface area contributed by atoms with E-state index in [1.165, 1.54) is 6.26 Å². The highest BCUT2D eigenvalue weighted by molar-refractivity contribution is 7.90. The summed E-state index contributed by atoms with van der Waals surface area (Å²) in [6.07, 6.45) is 1.87. The SMILES string of the molecule is CCNC(=NCC(=O)NCc1ccco1)NC1CCN(S(=O)(=O)C(F)(F)F)CC1. The summed E-state index contributed by atoms with van der Waals surface area (Å²) in [6, 6.07) is 3.16. The number of sulfonamides is 1. The Morgan fingerprint density at radius 2 is 2.00 bits per heavy atom. The van der Waals surface area contributed by atoms with Gasteiger partial charge in [-0.1, -0.05) is 0 Å². The van der Waals surface area contributed by atoms with Crippen molar-refractivity contribution >= 4 is 21.9 Å². The van der Waals surface area contributed by atoms with Gasteiger partial charge in [-0.3, -0.25) is 4.79 Å². The maximum absolute atomic E-state index is 12.6. The Morgan fingerprint density at radius 3 is 2.55 bits per heavy atom. The number of nitrogens with one attached hydrogen (secondary N) is 3. The number of rotatable bonds is 7. The summed E-state index contributed by atoms with van der Waals surface area (Å²) in [5.41, 5.74) is -5.30. The van der Waals surface area contributed by atoms with Crippen molar-refractivity contribution in [3.05, 3.63) is 24.2 Å². The van der Waals surface area contributed by atoms with Crippen LogP contribution in [0.4, 0.5) is 13.2 Å². The standard InChI is InChI=1S/C16H24F3N5O4S/c1-2-20-15(22-11-14(25)21-10-13-4-3-9-28-13)23-12-5-7-24(8-6-12)29(26,27)16(17,18)19/h3-4,9,12H,2,5-8,10-11H2,1H3,(H,21,25)(H2,20,22,23). The maximum atomic E-state index is 12.6. The van der Waals surface area contributed by atoms with Gasteiger partial charge in [0.1, 0.15) is 12.3 Å². The van der Waals surface area contributed by atoms with Crippen molar-refractivity contribution in [2.24, 2.45) is 4.99 Å². The van der Waals surface area contributed by atoms with E-state index in [1.807, 2.05) is 6.92 Å². The van der Waals surface area contributed by atoms with Gasteiger partial charge in [-0.05, 0) is 31.9 Å². The number of carbonyl (C=O) groups excluding carboxylic acids is 1. The number of aliphatic imine (C=N–C) groups is 1. The second-order valence-electron chi connectivity index (χ2n) is 6.32. The van der Waals surface area contributed by atoms with E-state index in [-0.39, 0.29) is 51.0 Å². The van der Waals surface area contributed by atoms with Gasteiger partial charge in [-0.15, -0.1) is 0 Å². The third-order valence-electron chi connectivity index (χ3n) is 4.19. The van der Waals surface area contributed by atoms with Gasteiger partial charge in [0.15, 0.2) is 5.96 Å². The highest BCUT2D eigenvalue weighted by atomic mass is 32.2. The highest BCUT2D eigenvalue weighted by Gasteiger charge is 2.50. The zero-order chi connectivity index (χ0) is 21.5. The molecule has 0 unspecified atom stereocenters. The molecule has 1 aromatic heterocycles. The van der Waals surface area contributed by atoms with Crippen molar-refractivity contribution in [2.75, 3.05) is 26.2 Å². The second kappa shape index (κ2) is 9.96. The van der Waals surface area contributed by atoms with Crippen LogP contribution in [0.5, 0.6) is 0 Å². The van der Waals surface area contributed by atoms with Crippen LogP contribution in [0.2, 0.25) is 0 Å². The Labute approximate surface area is 166 Å². The fourth-order valence-electron chi connectivity index (χ4n) is 2.71. The van der Waals surface area contributed by atoms with Gasteiger partial charge in [0.2, 0.25) is 5.91 Å². The molecule has 13 heteroatoms. The number of halogens is 3. The Bertz CT molecular complexity index is 788. The first kappa shape index (κ1) is 23.0. The van der Waals surface area contributed by atoms with Crippen molar-refractivity contribution in [3.63, 3.8) is 0 Å². The fourth-order valence-corrected chi connectivity index (χ4v) is 3.69. The first-order chi connectivity index (χ1) is 13.6. The lowest BCUT2D eigenvalue weighted by Crippen LogP contribution is -2.51. The molecule has 0 aromatic carbocycles. The van der Waals surface area contributed by atoms with Crippen LogP contribution in [0.25, 0.3) is 0 Å². The number of furan rings is 1. The number of hydrogen-bond acceptors (Lipinski definition) is 5. The molecule has 2 heterocycles. The molecule has 0 radical (unpaired) electrons. The van der Waals surface area contributed by atoms with Crippen LogP contribution < -0.4 is 16.0 Å². The highest BCUT2D eigenvalue weighted by Crippen LogP contribution is 2.28. The summed E-state index contributed by atoms with van der Waals surface area (Å²) in [4.78, 5) is 16.0. The van der Waals surface area contributed by atoms with Crippen LogP contribution in [-0.2, 0) is 21.4 Å². The zero-order valence-corrected chi connectivity index (χ0v) is 16.6. The topological polar surface area (TPSA) is 116 Å². The van der Waals surface area contributed by atoms with Crippen molar-refractivity contribution in [1.29, 1.82) is 0 Å². The molecule has 0 saturated carbocycles. The van der Waals surface area contributed by atoms with E-state index in [0.29, 0.717) is 22.6 Å². The van der Waals surface area contributed by atoms with Gasteiger partial charge in [-0.2, -0.15) is 17.5 Å². The van der Waals surface area contributed by atoms with Gasteiger partial charge < -0.3 is 20.4 Å². The third-order valence-corrected chi connectivity index (χ3v) is 5.82. The number of piperidine rings is 1. The average Bonchev–Trinajstić information content (AvgIpc) is 3.18. The Hall–Kier alpha value is -2.28. The van der Waals surface area contributed by atoms with Crippen LogP contribution in [0.15, 0.2) is 27.8 Å². The van der Waals surface area contributed by atoms with Crippen LogP contribution >= 0.6 is 0 Å². The van der Waals surface area contributed by atoms with E-state index in [0.717, 1.165) is 0 Å². The monoisotopic (exact) mass is 439 g/mol. The van der Waals surface area contributed by atoms with Gasteiger partial charge >= 0.3 is 15.5 Å². The van der Waals surface area contributed by atoms with E-state index in [1.54, 1.807) is 12.1 Å². The quantitative estimate of drug-likeness (QED) is 0.427. The molecule has 164 valence electrons. The van der Waals surface area contributed by atoms with E-state index >= 15 is 0 Å². The molecule has 1 amide bonds. The van der Waals surface area contributed by atoms with Crippen molar-refractivity contribution in [2.45, 2.75) is 37.9 Å². The lowest BCUT2D eigenvalue weighted by molar-refractivity contribution is -0.119. The average molecular weight is 439 g/mol. The minimum atomic E-state index is -5.31. The maximum Gasteiger partial charge on any atom is 0.511 e. The molecule has 29 heavy (non-hydrogen) atoms. The number of hydrogen-bond donors (Lipinski definition) is 3. The molecule has 1 saturated heterocycles. The van der Waals surface area contributed by atoms with E-state index in [4.69, 9.17) is 4.42 Å². The molecule has 2 rings (SSSR count). The summed E-state index contributed by atoms with van der Waals surface area (Å²) in [5.74, 6) is 0.607. The molecule has 0 spiro atoms. The number of carbonyl (C=O) groups is 1. The zero-order valence-electron chi connectivity index (χ0n) is 15.8. The normalized spacial score (nSPS) is 17.2. The number of amides is 1. The summed E-state index contributed by atoms with van der Waals surface area (Å²) in [7, 11) is -5.31.